The van der Waals surface area contributed by atoms with Crippen molar-refractivity contribution in [3.05, 3.63) is 29.8 Å². The van der Waals surface area contributed by atoms with Gasteiger partial charge >= 0.3 is 0 Å². The summed E-state index contributed by atoms with van der Waals surface area (Å²) in [5.74, 6) is -0.352. The molecule has 20 heavy (non-hydrogen) atoms. The maximum Gasteiger partial charge on any atom is 0.218 e. The largest absolute Gasteiger partial charge is 0.493 e. The third-order valence-corrected chi connectivity index (χ3v) is 4.24. The highest BCUT2D eigenvalue weighted by Crippen LogP contribution is 2.12. The van der Waals surface area contributed by atoms with Crippen molar-refractivity contribution in [1.82, 2.24) is 5.32 Å². The Morgan fingerprint density at radius 3 is 2.45 bits per heavy atom. The standard InChI is InChI=1S/C13H20N2O4S/c1-15-10-11-2-4-12(5-3-11)19-7-9-20(17,18)8-6-13(14)16/h2-5,15H,6-10H2,1H3,(H2,14,16). The molecule has 0 aliphatic rings. The molecule has 0 fully saturated rings. The lowest BCUT2D eigenvalue weighted by atomic mass is 10.2. The topological polar surface area (TPSA) is 98.5 Å². The Hall–Kier alpha value is -1.60. The van der Waals surface area contributed by atoms with E-state index in [1.165, 1.54) is 0 Å². The van der Waals surface area contributed by atoms with Gasteiger partial charge in [0.1, 0.15) is 12.4 Å². The zero-order valence-electron chi connectivity index (χ0n) is 11.5. The molecule has 7 heteroatoms. The number of primary amides is 1. The number of amides is 1. The number of rotatable bonds is 9. The number of carbonyl (C=O) groups excluding carboxylic acids is 1. The van der Waals surface area contributed by atoms with Crippen LogP contribution in [0.2, 0.25) is 0 Å². The minimum Gasteiger partial charge on any atom is -0.493 e. The van der Waals surface area contributed by atoms with Crippen LogP contribution in [0.4, 0.5) is 0 Å². The summed E-state index contributed by atoms with van der Waals surface area (Å²) in [6, 6.07) is 7.41. The fourth-order valence-electron chi connectivity index (χ4n) is 1.55. The van der Waals surface area contributed by atoms with Gasteiger partial charge in [-0.2, -0.15) is 0 Å². The zero-order valence-corrected chi connectivity index (χ0v) is 12.3. The van der Waals surface area contributed by atoms with Crippen molar-refractivity contribution in [2.45, 2.75) is 13.0 Å². The van der Waals surface area contributed by atoms with E-state index in [0.717, 1.165) is 12.1 Å². The molecule has 0 heterocycles. The Balaban J connectivity index is 2.38. The number of nitrogens with one attached hydrogen (secondary N) is 1. The summed E-state index contributed by atoms with van der Waals surface area (Å²) >= 11 is 0. The van der Waals surface area contributed by atoms with Crippen molar-refractivity contribution < 1.29 is 17.9 Å². The third kappa shape index (κ3) is 6.53. The van der Waals surface area contributed by atoms with Crippen LogP contribution in [0.1, 0.15) is 12.0 Å². The molecule has 1 aromatic rings. The molecule has 1 amide bonds. The molecular formula is C13H20N2O4S. The maximum absolute atomic E-state index is 11.6. The highest BCUT2D eigenvalue weighted by atomic mass is 32.2. The van der Waals surface area contributed by atoms with E-state index in [1.54, 1.807) is 12.1 Å². The van der Waals surface area contributed by atoms with Crippen molar-refractivity contribution >= 4 is 15.7 Å². The molecule has 0 aromatic heterocycles. The molecule has 6 nitrogen and oxygen atoms in total. The van der Waals surface area contributed by atoms with Crippen LogP contribution in [-0.2, 0) is 21.2 Å². The Bertz CT molecular complexity index is 526. The SMILES string of the molecule is CNCc1ccc(OCCS(=O)(=O)CCC(N)=O)cc1. The molecule has 3 N–H and O–H groups in total. The number of sulfone groups is 1. The Morgan fingerprint density at radius 2 is 1.90 bits per heavy atom. The van der Waals surface area contributed by atoms with Crippen LogP contribution in [0.15, 0.2) is 24.3 Å². The number of nitrogens with two attached hydrogens (primary N) is 1. The smallest absolute Gasteiger partial charge is 0.218 e. The molecule has 0 spiro atoms. The molecular weight excluding hydrogens is 280 g/mol. The zero-order chi connectivity index (χ0) is 15.0. The predicted molar refractivity (Wildman–Crippen MR) is 77.2 cm³/mol. The Kier molecular flexibility index (Phi) is 6.47. The van der Waals surface area contributed by atoms with Crippen molar-refractivity contribution in [2.75, 3.05) is 25.2 Å². The van der Waals surface area contributed by atoms with Crippen molar-refractivity contribution in [2.24, 2.45) is 5.73 Å². The lowest BCUT2D eigenvalue weighted by Gasteiger charge is -2.07. The number of ether oxygens (including phenoxy) is 1. The fourth-order valence-corrected chi connectivity index (χ4v) is 2.61. The summed E-state index contributed by atoms with van der Waals surface area (Å²) < 4.78 is 28.5. The lowest BCUT2D eigenvalue weighted by molar-refractivity contribution is -0.117. The van der Waals surface area contributed by atoms with E-state index < -0.39 is 15.7 Å². The van der Waals surface area contributed by atoms with E-state index in [9.17, 15) is 13.2 Å². The summed E-state index contributed by atoms with van der Waals surface area (Å²) in [5.41, 5.74) is 6.04. The second kappa shape index (κ2) is 7.86. The van der Waals surface area contributed by atoms with Gasteiger partial charge in [0.15, 0.2) is 9.84 Å². The van der Waals surface area contributed by atoms with E-state index in [2.05, 4.69) is 5.32 Å². The van der Waals surface area contributed by atoms with Gasteiger partial charge in [0.05, 0.1) is 11.5 Å². The van der Waals surface area contributed by atoms with Crippen LogP contribution in [0, 0.1) is 0 Å². The molecule has 0 saturated heterocycles. The van der Waals surface area contributed by atoms with Crippen LogP contribution in [-0.4, -0.2) is 39.5 Å². The van der Waals surface area contributed by atoms with E-state index >= 15 is 0 Å². The third-order valence-electron chi connectivity index (χ3n) is 2.63. The molecule has 1 aromatic carbocycles. The van der Waals surface area contributed by atoms with Crippen LogP contribution >= 0.6 is 0 Å². The number of carbonyl (C=O) groups is 1. The highest BCUT2D eigenvalue weighted by Gasteiger charge is 2.12. The fraction of sp³-hybridized carbons (Fsp3) is 0.462. The first kappa shape index (κ1) is 16.5. The maximum atomic E-state index is 11.6. The minimum atomic E-state index is -3.30. The van der Waals surface area contributed by atoms with E-state index in [1.807, 2.05) is 19.2 Å². The van der Waals surface area contributed by atoms with Gasteiger partial charge in [-0.05, 0) is 24.7 Å². The molecule has 0 aliphatic carbocycles. The predicted octanol–water partition coefficient (Wildman–Crippen LogP) is 0.0750. The molecule has 0 atom stereocenters. The lowest BCUT2D eigenvalue weighted by Crippen LogP contribution is -2.21. The van der Waals surface area contributed by atoms with Gasteiger partial charge in [0.25, 0.3) is 0 Å². The second-order valence-corrected chi connectivity index (χ2v) is 6.69. The van der Waals surface area contributed by atoms with E-state index in [4.69, 9.17) is 10.5 Å². The van der Waals surface area contributed by atoms with Gasteiger partial charge < -0.3 is 15.8 Å². The van der Waals surface area contributed by atoms with E-state index in [0.29, 0.717) is 5.75 Å². The quantitative estimate of drug-likeness (QED) is 0.672. The molecule has 0 saturated carbocycles. The molecule has 0 unspecified atom stereocenters. The normalized spacial score (nSPS) is 11.2. The monoisotopic (exact) mass is 300 g/mol. The number of hydrogen-bond acceptors (Lipinski definition) is 5. The Morgan fingerprint density at radius 1 is 1.25 bits per heavy atom. The van der Waals surface area contributed by atoms with Crippen LogP contribution in [0.3, 0.4) is 0 Å². The van der Waals surface area contributed by atoms with Crippen LogP contribution in [0.25, 0.3) is 0 Å². The minimum absolute atomic E-state index is 0.0620. The van der Waals surface area contributed by atoms with Gasteiger partial charge in [-0.25, -0.2) is 8.42 Å². The molecule has 0 bridgehead atoms. The van der Waals surface area contributed by atoms with Crippen LogP contribution < -0.4 is 15.8 Å². The van der Waals surface area contributed by atoms with Gasteiger partial charge in [0, 0.05) is 13.0 Å². The van der Waals surface area contributed by atoms with Crippen LogP contribution in [0.5, 0.6) is 5.75 Å². The Labute approximate surface area is 119 Å². The van der Waals surface area contributed by atoms with E-state index in [-0.39, 0.29) is 24.5 Å². The van der Waals surface area contributed by atoms with Gasteiger partial charge in [-0.15, -0.1) is 0 Å². The first-order chi connectivity index (χ1) is 9.43. The van der Waals surface area contributed by atoms with Gasteiger partial charge in [0.2, 0.25) is 5.91 Å². The summed E-state index contributed by atoms with van der Waals surface area (Å²) in [4.78, 5) is 10.5. The summed E-state index contributed by atoms with van der Waals surface area (Å²) in [6.45, 7) is 0.828. The first-order valence-electron chi connectivity index (χ1n) is 6.28. The van der Waals surface area contributed by atoms with Crippen molar-refractivity contribution in [3.63, 3.8) is 0 Å². The van der Waals surface area contributed by atoms with Crippen molar-refractivity contribution in [3.8, 4) is 5.75 Å². The highest BCUT2D eigenvalue weighted by molar-refractivity contribution is 7.91. The number of benzene rings is 1. The molecule has 0 aliphatic heterocycles. The van der Waals surface area contributed by atoms with Gasteiger partial charge in [-0.1, -0.05) is 12.1 Å². The molecule has 0 radical (unpaired) electrons. The molecule has 1 rings (SSSR count). The summed E-state index contributed by atoms with van der Waals surface area (Å²) in [7, 11) is -1.44. The first-order valence-corrected chi connectivity index (χ1v) is 8.10. The summed E-state index contributed by atoms with van der Waals surface area (Å²) in [6.07, 6.45) is -0.152. The van der Waals surface area contributed by atoms with Crippen molar-refractivity contribution in [1.29, 1.82) is 0 Å². The second-order valence-electron chi connectivity index (χ2n) is 4.39. The summed E-state index contributed by atoms with van der Waals surface area (Å²) in [5, 5.41) is 3.03. The average Bonchev–Trinajstić information content (AvgIpc) is 2.39. The average molecular weight is 300 g/mol. The number of hydrogen-bond donors (Lipinski definition) is 2. The van der Waals surface area contributed by atoms with Gasteiger partial charge in [-0.3, -0.25) is 4.79 Å². The molecule has 112 valence electrons.